The lowest BCUT2D eigenvalue weighted by atomic mass is 10.1. The monoisotopic (exact) mass is 450 g/mol. The van der Waals surface area contributed by atoms with Crippen molar-refractivity contribution in [3.8, 4) is 22.8 Å². The van der Waals surface area contributed by atoms with E-state index < -0.39 is 11.9 Å². The number of hydrogen-bond donors (Lipinski definition) is 0. The molecule has 0 saturated heterocycles. The fourth-order valence-electron chi connectivity index (χ4n) is 2.45. The first kappa shape index (κ1) is 17.5. The van der Waals surface area contributed by atoms with Crippen molar-refractivity contribution in [3.05, 3.63) is 45.5 Å². The van der Waals surface area contributed by atoms with Gasteiger partial charge in [0.2, 0.25) is 0 Å². The zero-order valence-electron chi connectivity index (χ0n) is 13.9. The van der Waals surface area contributed by atoms with E-state index in [4.69, 9.17) is 13.9 Å². The number of carbonyl (C=O) groups excluding carboxylic acids is 2. The van der Waals surface area contributed by atoms with Gasteiger partial charge in [0.05, 0.1) is 3.57 Å². The molecule has 3 rings (SSSR count). The van der Waals surface area contributed by atoms with Crippen LogP contribution in [0.2, 0.25) is 0 Å². The van der Waals surface area contributed by atoms with Gasteiger partial charge in [-0.15, -0.1) is 0 Å². The first-order chi connectivity index (χ1) is 11.8. The third kappa shape index (κ3) is 3.84. The minimum Gasteiger partial charge on any atom is -0.456 e. The Morgan fingerprint density at radius 2 is 1.56 bits per heavy atom. The van der Waals surface area contributed by atoms with Gasteiger partial charge in [-0.25, -0.2) is 0 Å². The van der Waals surface area contributed by atoms with Gasteiger partial charge in [-0.05, 0) is 59.3 Å². The Labute approximate surface area is 158 Å². The number of ether oxygens (including phenoxy) is 2. The van der Waals surface area contributed by atoms with Gasteiger partial charge in [0.25, 0.3) is 0 Å². The van der Waals surface area contributed by atoms with Crippen molar-refractivity contribution in [2.45, 2.75) is 20.8 Å². The van der Waals surface area contributed by atoms with Crippen molar-refractivity contribution in [3.63, 3.8) is 0 Å². The fraction of sp³-hybridized carbons (Fsp3) is 0.158. The van der Waals surface area contributed by atoms with Crippen LogP contribution in [0.25, 0.3) is 22.3 Å². The number of aryl methyl sites for hydroxylation is 1. The highest BCUT2D eigenvalue weighted by Gasteiger charge is 2.17. The Morgan fingerprint density at radius 1 is 0.960 bits per heavy atom. The van der Waals surface area contributed by atoms with E-state index >= 15 is 0 Å². The predicted octanol–water partition coefficient (Wildman–Crippen LogP) is 4.86. The second kappa shape index (κ2) is 6.87. The summed E-state index contributed by atoms with van der Waals surface area (Å²) in [4.78, 5) is 22.7. The molecule has 0 amide bonds. The topological polar surface area (TPSA) is 65.7 Å². The molecule has 0 spiro atoms. The van der Waals surface area contributed by atoms with E-state index in [-0.39, 0.29) is 0 Å². The van der Waals surface area contributed by atoms with E-state index in [9.17, 15) is 9.59 Å². The molecule has 128 valence electrons. The Hall–Kier alpha value is -2.35. The Balaban J connectivity index is 2.15. The maximum Gasteiger partial charge on any atom is 0.308 e. The molecule has 0 bridgehead atoms. The first-order valence-electron chi connectivity index (χ1n) is 7.54. The van der Waals surface area contributed by atoms with Crippen molar-refractivity contribution in [2.24, 2.45) is 0 Å². The lowest BCUT2D eigenvalue weighted by molar-refractivity contribution is -0.132. The van der Waals surface area contributed by atoms with Crippen molar-refractivity contribution < 1.29 is 23.5 Å². The van der Waals surface area contributed by atoms with Crippen LogP contribution in [0.5, 0.6) is 11.5 Å². The molecule has 0 aliphatic heterocycles. The molecule has 2 aromatic carbocycles. The normalized spacial score (nSPS) is 10.7. The van der Waals surface area contributed by atoms with Crippen LogP contribution in [0.3, 0.4) is 0 Å². The molecule has 1 heterocycles. The highest BCUT2D eigenvalue weighted by molar-refractivity contribution is 14.1. The number of halogens is 1. The lowest BCUT2D eigenvalue weighted by Crippen LogP contribution is -2.07. The standard InChI is InChI=1S/C19H15IO5/c1-10-4-5-13-7-16(25-15(13)6-10)14-8-17(23-11(2)21)19(20)18(9-14)24-12(3)22/h4-9H,1-3H3. The van der Waals surface area contributed by atoms with E-state index in [0.717, 1.165) is 16.5 Å². The number of carbonyl (C=O) groups is 2. The molecule has 1 aromatic heterocycles. The van der Waals surface area contributed by atoms with Gasteiger partial charge in [-0.1, -0.05) is 12.1 Å². The van der Waals surface area contributed by atoms with E-state index in [0.29, 0.717) is 26.4 Å². The molecule has 0 saturated carbocycles. The number of fused-ring (bicyclic) bond motifs is 1. The highest BCUT2D eigenvalue weighted by atomic mass is 127. The summed E-state index contributed by atoms with van der Waals surface area (Å²) in [5.74, 6) is 0.323. The summed E-state index contributed by atoms with van der Waals surface area (Å²) in [7, 11) is 0. The van der Waals surface area contributed by atoms with Crippen LogP contribution in [0, 0.1) is 10.5 Å². The van der Waals surface area contributed by atoms with E-state index in [1.165, 1.54) is 13.8 Å². The zero-order chi connectivity index (χ0) is 18.1. The average Bonchev–Trinajstić information content (AvgIpc) is 2.93. The number of rotatable bonds is 3. The zero-order valence-corrected chi connectivity index (χ0v) is 16.0. The van der Waals surface area contributed by atoms with Crippen molar-refractivity contribution in [2.75, 3.05) is 0 Å². The SMILES string of the molecule is CC(=O)Oc1cc(-c2cc3ccc(C)cc3o2)cc(OC(C)=O)c1I. The molecule has 0 aliphatic rings. The minimum atomic E-state index is -0.455. The number of furan rings is 1. The van der Waals surface area contributed by atoms with Gasteiger partial charge in [0.1, 0.15) is 22.8 Å². The molecule has 6 heteroatoms. The molecule has 0 unspecified atom stereocenters. The van der Waals surface area contributed by atoms with Crippen LogP contribution in [0.4, 0.5) is 0 Å². The van der Waals surface area contributed by atoms with Gasteiger partial charge in [0.15, 0.2) is 0 Å². The minimum absolute atomic E-state index is 0.318. The molecular weight excluding hydrogens is 435 g/mol. The molecule has 25 heavy (non-hydrogen) atoms. The largest absolute Gasteiger partial charge is 0.456 e. The fourth-order valence-corrected chi connectivity index (χ4v) is 2.99. The molecule has 3 aromatic rings. The van der Waals surface area contributed by atoms with E-state index in [2.05, 4.69) is 0 Å². The van der Waals surface area contributed by atoms with Crippen molar-refractivity contribution in [1.29, 1.82) is 0 Å². The molecule has 0 N–H and O–H groups in total. The molecule has 0 atom stereocenters. The van der Waals surface area contributed by atoms with Gasteiger partial charge >= 0.3 is 11.9 Å². The van der Waals surface area contributed by atoms with Gasteiger partial charge < -0.3 is 13.9 Å². The van der Waals surface area contributed by atoms with Crippen molar-refractivity contribution in [1.82, 2.24) is 0 Å². The quantitative estimate of drug-likeness (QED) is 0.324. The smallest absolute Gasteiger partial charge is 0.308 e. The summed E-state index contributed by atoms with van der Waals surface area (Å²) in [6.45, 7) is 4.63. The number of hydrogen-bond acceptors (Lipinski definition) is 5. The van der Waals surface area contributed by atoms with Gasteiger partial charge in [0, 0.05) is 24.8 Å². The molecule has 5 nitrogen and oxygen atoms in total. The maximum atomic E-state index is 11.4. The second-order valence-corrected chi connectivity index (χ2v) is 6.70. The number of benzene rings is 2. The van der Waals surface area contributed by atoms with Gasteiger partial charge in [-0.3, -0.25) is 9.59 Å². The van der Waals surface area contributed by atoms with Crippen LogP contribution < -0.4 is 9.47 Å². The summed E-state index contributed by atoms with van der Waals surface area (Å²) in [5.41, 5.74) is 2.51. The van der Waals surface area contributed by atoms with Crippen LogP contribution >= 0.6 is 22.6 Å². The third-order valence-electron chi connectivity index (χ3n) is 3.47. The molecule has 0 aliphatic carbocycles. The van der Waals surface area contributed by atoms with Crippen LogP contribution in [-0.4, -0.2) is 11.9 Å². The maximum absolute atomic E-state index is 11.4. The van der Waals surface area contributed by atoms with Crippen molar-refractivity contribution >= 4 is 45.5 Å². The average molecular weight is 450 g/mol. The molecule has 0 fully saturated rings. The predicted molar refractivity (Wildman–Crippen MR) is 102 cm³/mol. The summed E-state index contributed by atoms with van der Waals surface area (Å²) in [6.07, 6.45) is 0. The second-order valence-electron chi connectivity index (χ2n) is 5.63. The van der Waals surface area contributed by atoms with E-state index in [1.807, 2.05) is 53.8 Å². The first-order valence-corrected chi connectivity index (χ1v) is 8.62. The Kier molecular flexibility index (Phi) is 4.80. The third-order valence-corrected chi connectivity index (χ3v) is 4.54. The summed E-state index contributed by atoms with van der Waals surface area (Å²) in [6, 6.07) is 11.2. The van der Waals surface area contributed by atoms with Crippen LogP contribution in [-0.2, 0) is 9.59 Å². The lowest BCUT2D eigenvalue weighted by Gasteiger charge is -2.11. The highest BCUT2D eigenvalue weighted by Crippen LogP contribution is 2.38. The molecule has 0 radical (unpaired) electrons. The summed E-state index contributed by atoms with van der Waals surface area (Å²) < 4.78 is 16.9. The van der Waals surface area contributed by atoms with Crippen LogP contribution in [0.15, 0.2) is 40.8 Å². The molecular formula is C19H15IO5. The van der Waals surface area contributed by atoms with Gasteiger partial charge in [-0.2, -0.15) is 0 Å². The van der Waals surface area contributed by atoms with E-state index in [1.54, 1.807) is 12.1 Å². The summed E-state index contributed by atoms with van der Waals surface area (Å²) >= 11 is 1.98. The summed E-state index contributed by atoms with van der Waals surface area (Å²) in [5, 5.41) is 0.960. The van der Waals surface area contributed by atoms with Crippen LogP contribution in [0.1, 0.15) is 19.4 Å². The number of esters is 2. The Morgan fingerprint density at radius 3 is 2.12 bits per heavy atom. The Bertz CT molecular complexity index is 950.